The molecule has 150 valence electrons. The summed E-state index contributed by atoms with van der Waals surface area (Å²) in [5.74, 6) is 0.997. The average Bonchev–Trinajstić information content (AvgIpc) is 3.29. The summed E-state index contributed by atoms with van der Waals surface area (Å²) in [5.41, 5.74) is 2.19. The first-order valence-electron chi connectivity index (χ1n) is 9.28. The van der Waals surface area contributed by atoms with Gasteiger partial charge in [-0.3, -0.25) is 4.79 Å². The Morgan fingerprint density at radius 3 is 2.57 bits per heavy atom. The van der Waals surface area contributed by atoms with Crippen LogP contribution in [0.15, 0.2) is 88.2 Å². The lowest BCUT2D eigenvalue weighted by Gasteiger charge is -2.10. The Hall–Kier alpha value is -3.58. The van der Waals surface area contributed by atoms with Crippen LogP contribution in [-0.2, 0) is 4.79 Å². The number of amides is 1. The van der Waals surface area contributed by atoms with E-state index in [-0.39, 0.29) is 12.5 Å². The van der Waals surface area contributed by atoms with Crippen molar-refractivity contribution in [1.29, 1.82) is 0 Å². The molecule has 4 rings (SSSR count). The Morgan fingerprint density at radius 1 is 0.967 bits per heavy atom. The van der Waals surface area contributed by atoms with E-state index < -0.39 is 0 Å². The summed E-state index contributed by atoms with van der Waals surface area (Å²) >= 11 is 1.61. The van der Waals surface area contributed by atoms with Crippen molar-refractivity contribution in [2.24, 2.45) is 0 Å². The fourth-order valence-electron chi connectivity index (χ4n) is 2.84. The van der Waals surface area contributed by atoms with Crippen molar-refractivity contribution in [1.82, 2.24) is 10.2 Å². The molecule has 0 saturated heterocycles. The molecule has 0 aliphatic carbocycles. The molecule has 0 fully saturated rings. The molecule has 1 aromatic heterocycles. The number of hydrogen-bond acceptors (Lipinski definition) is 6. The van der Waals surface area contributed by atoms with Gasteiger partial charge in [0, 0.05) is 16.1 Å². The molecular formula is C23H19N3O3S. The third-order valence-electron chi connectivity index (χ3n) is 4.28. The van der Waals surface area contributed by atoms with Crippen LogP contribution in [-0.4, -0.2) is 29.0 Å². The Kier molecular flexibility index (Phi) is 6.10. The van der Waals surface area contributed by atoms with Gasteiger partial charge in [0.25, 0.3) is 11.8 Å². The number of carbonyl (C=O) groups is 1. The van der Waals surface area contributed by atoms with Crippen molar-refractivity contribution >= 4 is 23.4 Å². The second kappa shape index (κ2) is 9.28. The smallest absolute Gasteiger partial charge is 0.262 e. The number of aromatic nitrogens is 2. The molecule has 1 heterocycles. The SMILES string of the molecule is CSc1cccc(NC(=O)COc2ccccc2-c2nnc(-c3ccccc3)o2)c1. The van der Waals surface area contributed by atoms with Crippen molar-refractivity contribution in [3.63, 3.8) is 0 Å². The van der Waals surface area contributed by atoms with Gasteiger partial charge in [-0.1, -0.05) is 36.4 Å². The first kappa shape index (κ1) is 19.7. The van der Waals surface area contributed by atoms with E-state index in [0.717, 1.165) is 16.1 Å². The minimum Gasteiger partial charge on any atom is -0.483 e. The van der Waals surface area contributed by atoms with Gasteiger partial charge in [-0.25, -0.2) is 0 Å². The summed E-state index contributed by atoms with van der Waals surface area (Å²) in [4.78, 5) is 13.4. The number of benzene rings is 3. The van der Waals surface area contributed by atoms with E-state index in [4.69, 9.17) is 9.15 Å². The first-order valence-corrected chi connectivity index (χ1v) is 10.5. The predicted molar refractivity (Wildman–Crippen MR) is 118 cm³/mol. The molecule has 6 nitrogen and oxygen atoms in total. The summed E-state index contributed by atoms with van der Waals surface area (Å²) in [7, 11) is 0. The first-order chi connectivity index (χ1) is 14.7. The van der Waals surface area contributed by atoms with E-state index in [1.54, 1.807) is 17.8 Å². The number of carbonyl (C=O) groups excluding carboxylic acids is 1. The lowest BCUT2D eigenvalue weighted by molar-refractivity contribution is -0.118. The van der Waals surface area contributed by atoms with Gasteiger partial charge in [0.15, 0.2) is 6.61 Å². The van der Waals surface area contributed by atoms with Crippen molar-refractivity contribution in [3.05, 3.63) is 78.9 Å². The van der Waals surface area contributed by atoms with Crippen molar-refractivity contribution in [2.45, 2.75) is 4.90 Å². The average molecular weight is 417 g/mol. The highest BCUT2D eigenvalue weighted by molar-refractivity contribution is 7.98. The molecule has 1 N–H and O–H groups in total. The van der Waals surface area contributed by atoms with Crippen molar-refractivity contribution in [2.75, 3.05) is 18.2 Å². The minimum atomic E-state index is -0.251. The summed E-state index contributed by atoms with van der Waals surface area (Å²) in [5, 5.41) is 11.1. The Bertz CT molecular complexity index is 1150. The lowest BCUT2D eigenvalue weighted by atomic mass is 10.2. The highest BCUT2D eigenvalue weighted by atomic mass is 32.2. The minimum absolute atomic E-state index is 0.139. The number of hydrogen-bond donors (Lipinski definition) is 1. The van der Waals surface area contributed by atoms with Gasteiger partial charge in [0.1, 0.15) is 5.75 Å². The zero-order chi connectivity index (χ0) is 20.8. The lowest BCUT2D eigenvalue weighted by Crippen LogP contribution is -2.20. The zero-order valence-corrected chi connectivity index (χ0v) is 17.1. The summed E-state index contributed by atoms with van der Waals surface area (Å²) in [6, 6.07) is 24.4. The maximum Gasteiger partial charge on any atom is 0.262 e. The van der Waals surface area contributed by atoms with Crippen LogP contribution in [0.5, 0.6) is 5.75 Å². The van der Waals surface area contributed by atoms with E-state index in [9.17, 15) is 4.79 Å². The normalized spacial score (nSPS) is 10.6. The topological polar surface area (TPSA) is 77.2 Å². The second-order valence-corrected chi connectivity index (χ2v) is 7.22. The summed E-state index contributed by atoms with van der Waals surface area (Å²) in [6.45, 7) is -0.139. The quantitative estimate of drug-likeness (QED) is 0.420. The fourth-order valence-corrected chi connectivity index (χ4v) is 3.30. The number of para-hydroxylation sites is 1. The molecule has 0 aliphatic rings. The molecule has 3 aromatic carbocycles. The van der Waals surface area contributed by atoms with Crippen LogP contribution in [0.2, 0.25) is 0 Å². The van der Waals surface area contributed by atoms with Gasteiger partial charge in [-0.15, -0.1) is 22.0 Å². The van der Waals surface area contributed by atoms with Crippen molar-refractivity contribution in [3.8, 4) is 28.7 Å². The van der Waals surface area contributed by atoms with Gasteiger partial charge in [-0.2, -0.15) is 0 Å². The van der Waals surface area contributed by atoms with E-state index in [2.05, 4.69) is 15.5 Å². The molecule has 1 amide bonds. The zero-order valence-electron chi connectivity index (χ0n) is 16.2. The maximum absolute atomic E-state index is 12.3. The van der Waals surface area contributed by atoms with Gasteiger partial charge < -0.3 is 14.5 Å². The Balaban J connectivity index is 1.46. The largest absolute Gasteiger partial charge is 0.483 e. The van der Waals surface area contributed by atoms with E-state index in [1.807, 2.05) is 79.1 Å². The van der Waals surface area contributed by atoms with Gasteiger partial charge in [-0.05, 0) is 48.7 Å². The highest BCUT2D eigenvalue weighted by Crippen LogP contribution is 2.31. The van der Waals surface area contributed by atoms with E-state index in [1.165, 1.54) is 0 Å². The predicted octanol–water partition coefficient (Wildman–Crippen LogP) is 5.14. The molecule has 0 atom stereocenters. The van der Waals surface area contributed by atoms with Crippen LogP contribution in [0.3, 0.4) is 0 Å². The molecule has 30 heavy (non-hydrogen) atoms. The molecule has 7 heteroatoms. The monoisotopic (exact) mass is 417 g/mol. The standard InChI is InChI=1S/C23H19N3O3S/c1-30-18-11-7-10-17(14-18)24-21(27)15-28-20-13-6-5-12-19(20)23-26-25-22(29-23)16-8-3-2-4-9-16/h2-14H,15H2,1H3,(H,24,27). The van der Waals surface area contributed by atoms with Crippen LogP contribution >= 0.6 is 11.8 Å². The number of anilines is 1. The Morgan fingerprint density at radius 2 is 1.73 bits per heavy atom. The fraction of sp³-hybridized carbons (Fsp3) is 0.0870. The third kappa shape index (κ3) is 4.69. The van der Waals surface area contributed by atoms with Crippen LogP contribution in [0.4, 0.5) is 5.69 Å². The molecule has 0 aliphatic heterocycles. The second-order valence-electron chi connectivity index (χ2n) is 6.34. The van der Waals surface area contributed by atoms with Crippen LogP contribution in [0, 0.1) is 0 Å². The van der Waals surface area contributed by atoms with Crippen LogP contribution in [0.1, 0.15) is 0 Å². The van der Waals surface area contributed by atoms with Crippen LogP contribution < -0.4 is 10.1 Å². The number of ether oxygens (including phenoxy) is 1. The number of nitrogens with zero attached hydrogens (tertiary/aromatic N) is 2. The summed E-state index contributed by atoms with van der Waals surface area (Å²) < 4.78 is 11.6. The highest BCUT2D eigenvalue weighted by Gasteiger charge is 2.15. The van der Waals surface area contributed by atoms with Gasteiger partial charge in [0.05, 0.1) is 5.56 Å². The molecule has 0 bridgehead atoms. The van der Waals surface area contributed by atoms with Gasteiger partial charge >= 0.3 is 0 Å². The number of nitrogens with one attached hydrogen (secondary N) is 1. The summed E-state index contributed by atoms with van der Waals surface area (Å²) in [6.07, 6.45) is 1.99. The molecule has 0 spiro atoms. The van der Waals surface area contributed by atoms with E-state index >= 15 is 0 Å². The van der Waals surface area contributed by atoms with E-state index in [0.29, 0.717) is 23.1 Å². The Labute approximate surface area is 178 Å². The third-order valence-corrected chi connectivity index (χ3v) is 5.00. The molecule has 0 radical (unpaired) electrons. The van der Waals surface area contributed by atoms with Gasteiger partial charge in [0.2, 0.25) is 5.89 Å². The van der Waals surface area contributed by atoms with Crippen molar-refractivity contribution < 1.29 is 13.9 Å². The van der Waals surface area contributed by atoms with Crippen LogP contribution in [0.25, 0.3) is 22.9 Å². The molecule has 0 unspecified atom stereocenters. The number of thioether (sulfide) groups is 1. The molecule has 0 saturated carbocycles. The maximum atomic E-state index is 12.3. The number of rotatable bonds is 7. The molecule has 4 aromatic rings. The molecular weight excluding hydrogens is 398 g/mol.